The van der Waals surface area contributed by atoms with Crippen molar-refractivity contribution in [3.05, 3.63) is 48.0 Å². The quantitative estimate of drug-likeness (QED) is 0.851. The third-order valence-electron chi connectivity index (χ3n) is 2.62. The molecule has 2 N–H and O–H groups in total. The first-order valence-corrected chi connectivity index (χ1v) is 5.52. The molecule has 1 atom stereocenters. The molecule has 0 fully saturated rings. The Balaban J connectivity index is 2.44. The van der Waals surface area contributed by atoms with Gasteiger partial charge < -0.3 is 10.3 Å². The monoisotopic (exact) mass is 215 g/mol. The van der Waals surface area contributed by atoms with E-state index in [1.165, 1.54) is 11.3 Å². The molecule has 0 aliphatic rings. The third kappa shape index (κ3) is 2.14. The van der Waals surface area contributed by atoms with Gasteiger partial charge in [0, 0.05) is 24.1 Å². The van der Waals surface area contributed by atoms with E-state index in [-0.39, 0.29) is 6.04 Å². The molecule has 0 saturated heterocycles. The lowest BCUT2D eigenvalue weighted by Gasteiger charge is -2.13. The molecule has 3 heteroatoms. The SMILES string of the molecule is Cc1nccn1-c1ccccc1CC(C)N. The summed E-state index contributed by atoms with van der Waals surface area (Å²) in [7, 11) is 0. The molecule has 0 saturated carbocycles. The van der Waals surface area contributed by atoms with Crippen LogP contribution in [0.25, 0.3) is 5.69 Å². The van der Waals surface area contributed by atoms with Gasteiger partial charge in [-0.05, 0) is 31.9 Å². The van der Waals surface area contributed by atoms with E-state index in [4.69, 9.17) is 5.73 Å². The van der Waals surface area contributed by atoms with Crippen LogP contribution in [0, 0.1) is 6.92 Å². The average Bonchev–Trinajstić information content (AvgIpc) is 2.64. The zero-order valence-electron chi connectivity index (χ0n) is 9.72. The van der Waals surface area contributed by atoms with Crippen LogP contribution in [0.4, 0.5) is 0 Å². The first-order chi connectivity index (χ1) is 7.68. The van der Waals surface area contributed by atoms with Crippen molar-refractivity contribution in [1.29, 1.82) is 0 Å². The van der Waals surface area contributed by atoms with Crippen LogP contribution in [-0.2, 0) is 6.42 Å². The van der Waals surface area contributed by atoms with Gasteiger partial charge in [0.25, 0.3) is 0 Å². The third-order valence-corrected chi connectivity index (χ3v) is 2.62. The smallest absolute Gasteiger partial charge is 0.110 e. The summed E-state index contributed by atoms with van der Waals surface area (Å²) in [6.07, 6.45) is 4.68. The van der Waals surface area contributed by atoms with Crippen molar-refractivity contribution in [2.75, 3.05) is 0 Å². The van der Waals surface area contributed by atoms with Crippen LogP contribution in [-0.4, -0.2) is 15.6 Å². The molecule has 2 aromatic rings. The summed E-state index contributed by atoms with van der Waals surface area (Å²) in [5, 5.41) is 0. The highest BCUT2D eigenvalue weighted by molar-refractivity contribution is 5.42. The first-order valence-electron chi connectivity index (χ1n) is 5.52. The summed E-state index contributed by atoms with van der Waals surface area (Å²) >= 11 is 0. The summed E-state index contributed by atoms with van der Waals surface area (Å²) in [6.45, 7) is 4.03. The van der Waals surface area contributed by atoms with Crippen molar-refractivity contribution < 1.29 is 0 Å². The summed E-state index contributed by atoms with van der Waals surface area (Å²) in [5.74, 6) is 0.997. The molecule has 84 valence electrons. The van der Waals surface area contributed by atoms with Crippen molar-refractivity contribution in [1.82, 2.24) is 9.55 Å². The molecule has 1 aromatic carbocycles. The Morgan fingerprint density at radius 3 is 2.75 bits per heavy atom. The van der Waals surface area contributed by atoms with Gasteiger partial charge in [0.1, 0.15) is 5.82 Å². The Morgan fingerprint density at radius 2 is 2.12 bits per heavy atom. The average molecular weight is 215 g/mol. The Hall–Kier alpha value is -1.61. The van der Waals surface area contributed by atoms with Crippen LogP contribution in [0.3, 0.4) is 0 Å². The van der Waals surface area contributed by atoms with Crippen LogP contribution >= 0.6 is 0 Å². The van der Waals surface area contributed by atoms with E-state index < -0.39 is 0 Å². The highest BCUT2D eigenvalue weighted by Gasteiger charge is 2.07. The van der Waals surface area contributed by atoms with E-state index >= 15 is 0 Å². The molecule has 1 heterocycles. The van der Waals surface area contributed by atoms with E-state index in [2.05, 4.69) is 21.7 Å². The van der Waals surface area contributed by atoms with Gasteiger partial charge in [-0.3, -0.25) is 0 Å². The molecule has 0 amide bonds. The Kier molecular flexibility index (Phi) is 3.06. The number of hydrogen-bond donors (Lipinski definition) is 1. The highest BCUT2D eigenvalue weighted by Crippen LogP contribution is 2.17. The number of para-hydroxylation sites is 1. The normalized spacial score (nSPS) is 12.7. The number of benzene rings is 1. The maximum Gasteiger partial charge on any atom is 0.110 e. The maximum atomic E-state index is 5.86. The minimum Gasteiger partial charge on any atom is -0.328 e. The van der Waals surface area contributed by atoms with E-state index in [1.807, 2.05) is 38.4 Å². The number of imidazole rings is 1. The summed E-state index contributed by atoms with van der Waals surface area (Å²) in [4.78, 5) is 4.24. The second-order valence-corrected chi connectivity index (χ2v) is 4.15. The number of nitrogens with two attached hydrogens (primary N) is 1. The predicted octanol–water partition coefficient (Wildman–Crippen LogP) is 2.07. The van der Waals surface area contributed by atoms with Gasteiger partial charge in [-0.2, -0.15) is 0 Å². The van der Waals surface area contributed by atoms with E-state index in [0.717, 1.165) is 12.2 Å². The number of nitrogens with zero attached hydrogens (tertiary/aromatic N) is 2. The van der Waals surface area contributed by atoms with Gasteiger partial charge in [0.05, 0.1) is 0 Å². The molecule has 2 rings (SSSR count). The lowest BCUT2D eigenvalue weighted by Crippen LogP contribution is -2.19. The Labute approximate surface area is 95.9 Å². The van der Waals surface area contributed by atoms with Crippen LogP contribution in [0.1, 0.15) is 18.3 Å². The van der Waals surface area contributed by atoms with E-state index in [0.29, 0.717) is 0 Å². The zero-order chi connectivity index (χ0) is 11.5. The molecule has 1 unspecified atom stereocenters. The van der Waals surface area contributed by atoms with Gasteiger partial charge in [-0.15, -0.1) is 0 Å². The van der Waals surface area contributed by atoms with Crippen molar-refractivity contribution in [2.24, 2.45) is 5.73 Å². The van der Waals surface area contributed by atoms with Crippen molar-refractivity contribution in [3.8, 4) is 5.69 Å². The fourth-order valence-corrected chi connectivity index (χ4v) is 1.90. The zero-order valence-corrected chi connectivity index (χ0v) is 9.72. The van der Waals surface area contributed by atoms with Crippen LogP contribution in [0.5, 0.6) is 0 Å². The fraction of sp³-hybridized carbons (Fsp3) is 0.308. The maximum absolute atomic E-state index is 5.86. The molecule has 0 spiro atoms. The Morgan fingerprint density at radius 1 is 1.38 bits per heavy atom. The lowest BCUT2D eigenvalue weighted by atomic mass is 10.1. The number of hydrogen-bond acceptors (Lipinski definition) is 2. The van der Waals surface area contributed by atoms with Crippen LogP contribution in [0.2, 0.25) is 0 Å². The van der Waals surface area contributed by atoms with Crippen molar-refractivity contribution in [2.45, 2.75) is 26.3 Å². The number of aryl methyl sites for hydroxylation is 1. The number of rotatable bonds is 3. The van der Waals surface area contributed by atoms with Gasteiger partial charge in [-0.25, -0.2) is 4.98 Å². The largest absolute Gasteiger partial charge is 0.328 e. The summed E-state index contributed by atoms with van der Waals surface area (Å²) < 4.78 is 2.09. The van der Waals surface area contributed by atoms with Crippen molar-refractivity contribution in [3.63, 3.8) is 0 Å². The molecule has 3 nitrogen and oxygen atoms in total. The molecule has 0 bridgehead atoms. The van der Waals surface area contributed by atoms with Gasteiger partial charge in [0.2, 0.25) is 0 Å². The minimum atomic E-state index is 0.171. The van der Waals surface area contributed by atoms with Crippen LogP contribution < -0.4 is 5.73 Å². The number of aromatic nitrogens is 2. The van der Waals surface area contributed by atoms with Gasteiger partial charge >= 0.3 is 0 Å². The molecule has 0 radical (unpaired) electrons. The van der Waals surface area contributed by atoms with Crippen LogP contribution in [0.15, 0.2) is 36.7 Å². The molecular weight excluding hydrogens is 198 g/mol. The highest BCUT2D eigenvalue weighted by atomic mass is 15.1. The summed E-state index contributed by atoms with van der Waals surface area (Å²) in [5.41, 5.74) is 8.30. The molecular formula is C13H17N3. The topological polar surface area (TPSA) is 43.8 Å². The molecule has 16 heavy (non-hydrogen) atoms. The second kappa shape index (κ2) is 4.49. The van der Waals surface area contributed by atoms with E-state index in [9.17, 15) is 0 Å². The predicted molar refractivity (Wildman–Crippen MR) is 65.7 cm³/mol. The first kappa shape index (κ1) is 10.9. The second-order valence-electron chi connectivity index (χ2n) is 4.15. The van der Waals surface area contributed by atoms with Gasteiger partial charge in [-0.1, -0.05) is 18.2 Å². The fourth-order valence-electron chi connectivity index (χ4n) is 1.90. The standard InChI is InChI=1S/C13H17N3/c1-10(14)9-12-5-3-4-6-13(12)16-8-7-15-11(16)2/h3-8,10H,9,14H2,1-2H3. The molecule has 0 aliphatic carbocycles. The van der Waals surface area contributed by atoms with Crippen molar-refractivity contribution >= 4 is 0 Å². The molecule has 1 aromatic heterocycles. The van der Waals surface area contributed by atoms with Gasteiger partial charge in [0.15, 0.2) is 0 Å². The van der Waals surface area contributed by atoms with E-state index in [1.54, 1.807) is 0 Å². The lowest BCUT2D eigenvalue weighted by molar-refractivity contribution is 0.732. The minimum absolute atomic E-state index is 0.171. The molecule has 0 aliphatic heterocycles. The Bertz CT molecular complexity index is 472. The summed E-state index contributed by atoms with van der Waals surface area (Å²) in [6, 6.07) is 8.49.